The van der Waals surface area contributed by atoms with Gasteiger partial charge in [0.05, 0.1) is 10.6 Å². The lowest BCUT2D eigenvalue weighted by molar-refractivity contribution is 0.0557. The fourth-order valence-corrected chi connectivity index (χ4v) is 2.53. The number of likely N-dealkylation sites (N-methyl/N-ethyl adjacent to an activating group) is 1. The molecule has 1 N–H and O–H groups in total. The zero-order valence-corrected chi connectivity index (χ0v) is 12.6. The number of rotatable bonds is 4. The summed E-state index contributed by atoms with van der Waals surface area (Å²) >= 11 is 11.6. The molecule has 0 aromatic carbocycles. The summed E-state index contributed by atoms with van der Waals surface area (Å²) in [7, 11) is 4.10. The van der Waals surface area contributed by atoms with Crippen LogP contribution >= 0.6 is 23.2 Å². The van der Waals surface area contributed by atoms with E-state index in [4.69, 9.17) is 23.2 Å². The van der Waals surface area contributed by atoms with Crippen LogP contribution in [0.4, 0.5) is 0 Å². The minimum Gasteiger partial charge on any atom is -0.350 e. The number of halogens is 2. The molecule has 0 radical (unpaired) electrons. The molecule has 104 valence electrons. The average molecular weight is 302 g/mol. The highest BCUT2D eigenvalue weighted by molar-refractivity contribution is 6.41. The monoisotopic (exact) mass is 301 g/mol. The summed E-state index contributed by atoms with van der Waals surface area (Å²) in [6.45, 7) is 0.638. The predicted octanol–water partition coefficient (Wildman–Crippen LogP) is 2.60. The molecule has 1 saturated carbocycles. The zero-order valence-electron chi connectivity index (χ0n) is 11.0. The number of aromatic nitrogens is 1. The number of nitrogens with one attached hydrogen (secondary N) is 1. The van der Waals surface area contributed by atoms with Crippen molar-refractivity contribution >= 4 is 29.1 Å². The number of hydrogen-bond acceptors (Lipinski definition) is 3. The van der Waals surface area contributed by atoms with Gasteiger partial charge in [-0.25, -0.2) is 4.98 Å². The van der Waals surface area contributed by atoms with E-state index >= 15 is 0 Å². The van der Waals surface area contributed by atoms with Gasteiger partial charge in [-0.3, -0.25) is 4.79 Å². The van der Waals surface area contributed by atoms with Gasteiger partial charge >= 0.3 is 0 Å². The Morgan fingerprint density at radius 1 is 1.47 bits per heavy atom. The highest BCUT2D eigenvalue weighted by atomic mass is 35.5. The number of hydrogen-bond donors (Lipinski definition) is 1. The molecule has 2 rings (SSSR count). The molecule has 1 aromatic rings. The Hall–Kier alpha value is -0.840. The van der Waals surface area contributed by atoms with Gasteiger partial charge < -0.3 is 10.2 Å². The Morgan fingerprint density at radius 3 is 2.63 bits per heavy atom. The standard InChI is InChI=1S/C13H17Cl2N3O/c1-18(2)13(4-3-5-13)8-17-12(19)9-6-10(14)11(15)16-7-9/h6-7H,3-5,8H2,1-2H3,(H,17,19). The summed E-state index contributed by atoms with van der Waals surface area (Å²) in [5, 5.41) is 3.45. The van der Waals surface area contributed by atoms with E-state index in [1.54, 1.807) is 0 Å². The highest BCUT2D eigenvalue weighted by Crippen LogP contribution is 2.35. The van der Waals surface area contributed by atoms with E-state index in [1.807, 2.05) is 14.1 Å². The first-order valence-electron chi connectivity index (χ1n) is 6.21. The van der Waals surface area contributed by atoms with E-state index in [0.717, 1.165) is 12.8 Å². The molecule has 1 aromatic heterocycles. The first kappa shape index (κ1) is 14.6. The molecule has 19 heavy (non-hydrogen) atoms. The van der Waals surface area contributed by atoms with E-state index in [2.05, 4.69) is 15.2 Å². The Bertz CT molecular complexity index is 487. The van der Waals surface area contributed by atoms with E-state index in [0.29, 0.717) is 17.1 Å². The lowest BCUT2D eigenvalue weighted by Gasteiger charge is -2.47. The maximum absolute atomic E-state index is 12.0. The van der Waals surface area contributed by atoms with Crippen molar-refractivity contribution < 1.29 is 4.79 Å². The molecule has 0 unspecified atom stereocenters. The summed E-state index contributed by atoms with van der Waals surface area (Å²) in [5.74, 6) is -0.167. The molecule has 0 saturated heterocycles. The Labute approximate surface area is 123 Å². The third-order valence-electron chi connectivity index (χ3n) is 3.87. The summed E-state index contributed by atoms with van der Waals surface area (Å²) in [5.41, 5.74) is 0.530. The van der Waals surface area contributed by atoms with Crippen molar-refractivity contribution in [3.63, 3.8) is 0 Å². The van der Waals surface area contributed by atoms with Crippen molar-refractivity contribution in [1.29, 1.82) is 0 Å². The van der Waals surface area contributed by atoms with Crippen LogP contribution in [0.1, 0.15) is 29.6 Å². The third-order valence-corrected chi connectivity index (χ3v) is 4.56. The number of amides is 1. The summed E-state index contributed by atoms with van der Waals surface area (Å²) < 4.78 is 0. The molecule has 0 spiro atoms. The van der Waals surface area contributed by atoms with Gasteiger partial charge in [0.15, 0.2) is 0 Å². The lowest BCUT2D eigenvalue weighted by atomic mass is 9.75. The van der Waals surface area contributed by atoms with Crippen LogP contribution in [0.2, 0.25) is 10.2 Å². The number of carbonyl (C=O) groups excluding carboxylic acids is 1. The maximum Gasteiger partial charge on any atom is 0.252 e. The molecule has 1 aliphatic carbocycles. The molecule has 1 aliphatic rings. The van der Waals surface area contributed by atoms with Crippen LogP contribution in [0.5, 0.6) is 0 Å². The topological polar surface area (TPSA) is 45.2 Å². The molecular weight excluding hydrogens is 285 g/mol. The summed E-state index contributed by atoms with van der Waals surface area (Å²) in [6, 6.07) is 1.54. The van der Waals surface area contributed by atoms with Crippen LogP contribution in [0.25, 0.3) is 0 Å². The van der Waals surface area contributed by atoms with Gasteiger partial charge in [-0.1, -0.05) is 23.2 Å². The second-order valence-corrected chi connectivity index (χ2v) is 5.92. The molecule has 0 aliphatic heterocycles. The molecule has 1 amide bonds. The fourth-order valence-electron chi connectivity index (χ4n) is 2.26. The fraction of sp³-hybridized carbons (Fsp3) is 0.538. The second-order valence-electron chi connectivity index (χ2n) is 5.15. The summed E-state index contributed by atoms with van der Waals surface area (Å²) in [6.07, 6.45) is 4.87. The minimum absolute atomic E-state index is 0.0965. The number of nitrogens with zero attached hydrogens (tertiary/aromatic N) is 2. The smallest absolute Gasteiger partial charge is 0.252 e. The number of pyridine rings is 1. The van der Waals surface area contributed by atoms with Crippen molar-refractivity contribution in [3.05, 3.63) is 28.0 Å². The van der Waals surface area contributed by atoms with Crippen molar-refractivity contribution in [1.82, 2.24) is 15.2 Å². The van der Waals surface area contributed by atoms with Crippen molar-refractivity contribution in [2.24, 2.45) is 0 Å². The quantitative estimate of drug-likeness (QED) is 0.870. The van der Waals surface area contributed by atoms with Crippen LogP contribution in [-0.4, -0.2) is 42.0 Å². The van der Waals surface area contributed by atoms with Gasteiger partial charge in [0.2, 0.25) is 0 Å². The van der Waals surface area contributed by atoms with Crippen LogP contribution < -0.4 is 5.32 Å². The maximum atomic E-state index is 12.0. The number of carbonyl (C=O) groups is 1. The van der Waals surface area contributed by atoms with Gasteiger partial charge in [0.1, 0.15) is 5.15 Å². The molecule has 0 bridgehead atoms. The van der Waals surface area contributed by atoms with Crippen LogP contribution in [0, 0.1) is 0 Å². The average Bonchev–Trinajstić information content (AvgIpc) is 2.30. The lowest BCUT2D eigenvalue weighted by Crippen LogP contribution is -2.57. The first-order chi connectivity index (χ1) is 8.94. The Morgan fingerprint density at radius 2 is 2.16 bits per heavy atom. The third kappa shape index (κ3) is 3.02. The molecular formula is C13H17Cl2N3O. The van der Waals surface area contributed by atoms with Crippen molar-refractivity contribution in [2.75, 3.05) is 20.6 Å². The Balaban J connectivity index is 1.99. The Kier molecular flexibility index (Phi) is 4.33. The predicted molar refractivity (Wildman–Crippen MR) is 76.9 cm³/mol. The van der Waals surface area contributed by atoms with Gasteiger partial charge in [-0.2, -0.15) is 0 Å². The highest BCUT2D eigenvalue weighted by Gasteiger charge is 2.39. The van der Waals surface area contributed by atoms with Crippen molar-refractivity contribution in [2.45, 2.75) is 24.8 Å². The molecule has 0 atom stereocenters. The molecule has 1 heterocycles. The van der Waals surface area contributed by atoms with Crippen LogP contribution in [-0.2, 0) is 0 Å². The largest absolute Gasteiger partial charge is 0.350 e. The van der Waals surface area contributed by atoms with E-state index in [9.17, 15) is 4.79 Å². The van der Waals surface area contributed by atoms with Gasteiger partial charge in [0.25, 0.3) is 5.91 Å². The van der Waals surface area contributed by atoms with E-state index < -0.39 is 0 Å². The first-order valence-corrected chi connectivity index (χ1v) is 6.97. The summed E-state index contributed by atoms with van der Waals surface area (Å²) in [4.78, 5) is 18.1. The van der Waals surface area contributed by atoms with E-state index in [-0.39, 0.29) is 16.6 Å². The minimum atomic E-state index is -0.167. The molecule has 6 heteroatoms. The second kappa shape index (κ2) is 5.65. The zero-order chi connectivity index (χ0) is 14.0. The van der Waals surface area contributed by atoms with E-state index in [1.165, 1.54) is 18.7 Å². The van der Waals surface area contributed by atoms with Gasteiger partial charge in [-0.05, 0) is 39.4 Å². The van der Waals surface area contributed by atoms with Gasteiger partial charge in [-0.15, -0.1) is 0 Å². The SMILES string of the molecule is CN(C)C1(CNC(=O)c2cnc(Cl)c(Cl)c2)CCC1. The van der Waals surface area contributed by atoms with Gasteiger partial charge in [0, 0.05) is 18.3 Å². The normalized spacial score (nSPS) is 17.1. The van der Waals surface area contributed by atoms with Crippen LogP contribution in [0.3, 0.4) is 0 Å². The van der Waals surface area contributed by atoms with Crippen molar-refractivity contribution in [3.8, 4) is 0 Å². The molecule has 4 nitrogen and oxygen atoms in total. The molecule has 1 fully saturated rings. The van der Waals surface area contributed by atoms with Crippen LogP contribution in [0.15, 0.2) is 12.3 Å².